The second kappa shape index (κ2) is 5.89. The van der Waals surface area contributed by atoms with Crippen LogP contribution in [0, 0.1) is 17.7 Å². The largest absolute Gasteiger partial charge is 0.388 e. The summed E-state index contributed by atoms with van der Waals surface area (Å²) in [7, 11) is 0. The molecule has 0 aliphatic carbocycles. The fourth-order valence-electron chi connectivity index (χ4n) is 1.26. The third-order valence-corrected chi connectivity index (χ3v) is 2.53. The van der Waals surface area contributed by atoms with Crippen molar-refractivity contribution in [3.05, 3.63) is 34.1 Å². The maximum atomic E-state index is 13.4. The van der Waals surface area contributed by atoms with Gasteiger partial charge < -0.3 is 5.11 Å². The quantitative estimate of drug-likeness (QED) is 0.835. The van der Waals surface area contributed by atoms with Crippen molar-refractivity contribution in [1.29, 1.82) is 0 Å². The third kappa shape index (κ3) is 3.65. The van der Waals surface area contributed by atoms with E-state index in [-0.39, 0.29) is 5.82 Å². The van der Waals surface area contributed by atoms with E-state index in [1.165, 1.54) is 6.07 Å². The summed E-state index contributed by atoms with van der Waals surface area (Å²) >= 11 is 3.17. The Bertz CT molecular complexity index is 392. The summed E-state index contributed by atoms with van der Waals surface area (Å²) in [5, 5.41) is 9.70. The highest BCUT2D eigenvalue weighted by molar-refractivity contribution is 9.10. The second-order valence-electron chi connectivity index (χ2n) is 3.15. The summed E-state index contributed by atoms with van der Waals surface area (Å²) in [6.07, 6.45) is 0.256. The van der Waals surface area contributed by atoms with Crippen LogP contribution in [0.4, 0.5) is 4.39 Å². The van der Waals surface area contributed by atoms with Gasteiger partial charge in [-0.05, 0) is 25.5 Å². The van der Waals surface area contributed by atoms with E-state index in [0.29, 0.717) is 22.9 Å². The van der Waals surface area contributed by atoms with Gasteiger partial charge in [-0.3, -0.25) is 0 Å². The highest BCUT2D eigenvalue weighted by atomic mass is 79.9. The summed E-state index contributed by atoms with van der Waals surface area (Å²) < 4.78 is 14.1. The van der Waals surface area contributed by atoms with Crippen LogP contribution in [0.25, 0.3) is 0 Å². The van der Waals surface area contributed by atoms with Gasteiger partial charge >= 0.3 is 0 Å². The number of hydrogen-bond acceptors (Lipinski definition) is 1. The number of halogens is 2. The summed E-state index contributed by atoms with van der Waals surface area (Å²) in [6.45, 7) is 1.74. The van der Waals surface area contributed by atoms with Gasteiger partial charge in [-0.25, -0.2) is 4.39 Å². The molecule has 3 heteroatoms. The Morgan fingerprint density at radius 2 is 2.27 bits per heavy atom. The van der Waals surface area contributed by atoms with Gasteiger partial charge in [0.1, 0.15) is 5.82 Å². The lowest BCUT2D eigenvalue weighted by molar-refractivity contribution is 0.165. The van der Waals surface area contributed by atoms with E-state index in [2.05, 4.69) is 27.8 Å². The molecule has 1 N–H and O–H groups in total. The molecule has 0 bridgehead atoms. The Kier molecular flexibility index (Phi) is 4.80. The zero-order chi connectivity index (χ0) is 11.3. The number of rotatable bonds is 3. The fraction of sp³-hybridized carbons (Fsp3) is 0.333. The average Bonchev–Trinajstić information content (AvgIpc) is 2.17. The summed E-state index contributed by atoms with van der Waals surface area (Å²) in [4.78, 5) is 0. The van der Waals surface area contributed by atoms with E-state index in [4.69, 9.17) is 0 Å². The Morgan fingerprint density at radius 3 is 2.87 bits per heavy atom. The summed E-state index contributed by atoms with van der Waals surface area (Å²) in [6, 6.07) is 4.65. The first-order chi connectivity index (χ1) is 7.15. The molecule has 0 spiro atoms. The predicted molar refractivity (Wildman–Crippen MR) is 61.7 cm³/mol. The highest BCUT2D eigenvalue weighted by Gasteiger charge is 2.11. The van der Waals surface area contributed by atoms with Crippen molar-refractivity contribution in [3.8, 4) is 11.8 Å². The van der Waals surface area contributed by atoms with Gasteiger partial charge in [0.2, 0.25) is 0 Å². The number of hydrogen-bond donors (Lipinski definition) is 1. The maximum Gasteiger partial charge on any atom is 0.130 e. The third-order valence-electron chi connectivity index (χ3n) is 2.04. The molecule has 1 rings (SSSR count). The van der Waals surface area contributed by atoms with Gasteiger partial charge in [-0.1, -0.05) is 22.0 Å². The summed E-state index contributed by atoms with van der Waals surface area (Å²) in [5.41, 5.74) is 0.330. The molecular weight excluding hydrogens is 259 g/mol. The Hall–Kier alpha value is -0.850. The first kappa shape index (κ1) is 12.2. The topological polar surface area (TPSA) is 20.2 Å². The van der Waals surface area contributed by atoms with Crippen molar-refractivity contribution >= 4 is 15.9 Å². The zero-order valence-corrected chi connectivity index (χ0v) is 10.0. The molecule has 0 saturated carbocycles. The SMILES string of the molecule is CC#CCCC(O)c1ccc(Br)cc1F. The van der Waals surface area contributed by atoms with Crippen molar-refractivity contribution in [1.82, 2.24) is 0 Å². The van der Waals surface area contributed by atoms with Gasteiger partial charge in [0.05, 0.1) is 6.10 Å². The lowest BCUT2D eigenvalue weighted by Gasteiger charge is -2.10. The van der Waals surface area contributed by atoms with E-state index < -0.39 is 6.10 Å². The van der Waals surface area contributed by atoms with Crippen molar-refractivity contribution in [2.24, 2.45) is 0 Å². The van der Waals surface area contributed by atoms with Crippen molar-refractivity contribution in [3.63, 3.8) is 0 Å². The van der Waals surface area contributed by atoms with E-state index >= 15 is 0 Å². The Morgan fingerprint density at radius 1 is 1.53 bits per heavy atom. The van der Waals surface area contributed by atoms with Crippen LogP contribution in [-0.4, -0.2) is 5.11 Å². The van der Waals surface area contributed by atoms with Gasteiger partial charge in [-0.15, -0.1) is 11.8 Å². The molecule has 1 unspecified atom stereocenters. The number of aliphatic hydroxyl groups is 1. The Balaban J connectivity index is 2.71. The molecule has 0 heterocycles. The number of aliphatic hydroxyl groups excluding tert-OH is 1. The molecule has 15 heavy (non-hydrogen) atoms. The maximum absolute atomic E-state index is 13.4. The van der Waals surface area contributed by atoms with Crippen LogP contribution in [-0.2, 0) is 0 Å². The van der Waals surface area contributed by atoms with Crippen molar-refractivity contribution in [2.75, 3.05) is 0 Å². The lowest BCUT2D eigenvalue weighted by atomic mass is 10.0. The van der Waals surface area contributed by atoms with Crippen LogP contribution in [0.15, 0.2) is 22.7 Å². The molecule has 1 aromatic rings. The molecule has 0 fully saturated rings. The molecule has 0 saturated heterocycles. The van der Waals surface area contributed by atoms with E-state index in [9.17, 15) is 9.50 Å². The van der Waals surface area contributed by atoms with Crippen LogP contribution in [0.1, 0.15) is 31.4 Å². The molecule has 1 atom stereocenters. The first-order valence-corrected chi connectivity index (χ1v) is 5.47. The Labute approximate surface area is 97.4 Å². The molecule has 0 aliphatic rings. The van der Waals surface area contributed by atoms with Crippen LogP contribution in [0.2, 0.25) is 0 Å². The second-order valence-corrected chi connectivity index (χ2v) is 4.06. The molecule has 1 aromatic carbocycles. The molecule has 80 valence electrons. The lowest BCUT2D eigenvalue weighted by Crippen LogP contribution is -2.00. The smallest absolute Gasteiger partial charge is 0.130 e. The zero-order valence-electron chi connectivity index (χ0n) is 8.43. The van der Waals surface area contributed by atoms with E-state index in [1.54, 1.807) is 19.1 Å². The standard InChI is InChI=1S/C12H12BrFO/c1-2-3-4-5-12(15)10-7-6-9(13)8-11(10)14/h6-8,12,15H,4-5H2,1H3. The minimum atomic E-state index is -0.779. The van der Waals surface area contributed by atoms with Gasteiger partial charge in [-0.2, -0.15) is 0 Å². The molecule has 0 aliphatic heterocycles. The normalized spacial score (nSPS) is 11.7. The van der Waals surface area contributed by atoms with E-state index in [1.807, 2.05) is 0 Å². The monoisotopic (exact) mass is 270 g/mol. The van der Waals surface area contributed by atoms with Crippen LogP contribution in [0.3, 0.4) is 0 Å². The van der Waals surface area contributed by atoms with Gasteiger partial charge in [0, 0.05) is 16.5 Å². The minimum Gasteiger partial charge on any atom is -0.388 e. The molecule has 0 radical (unpaired) electrons. The molecule has 1 nitrogen and oxygen atoms in total. The fourth-order valence-corrected chi connectivity index (χ4v) is 1.59. The minimum absolute atomic E-state index is 0.330. The molecule has 0 aromatic heterocycles. The number of benzene rings is 1. The van der Waals surface area contributed by atoms with Gasteiger partial charge in [0.15, 0.2) is 0 Å². The molecular formula is C12H12BrFO. The summed E-state index contributed by atoms with van der Waals surface area (Å²) in [5.74, 6) is 5.19. The van der Waals surface area contributed by atoms with Gasteiger partial charge in [0.25, 0.3) is 0 Å². The highest BCUT2D eigenvalue weighted by Crippen LogP contribution is 2.23. The molecule has 0 amide bonds. The van der Waals surface area contributed by atoms with Crippen molar-refractivity contribution < 1.29 is 9.50 Å². The van der Waals surface area contributed by atoms with Crippen molar-refractivity contribution in [2.45, 2.75) is 25.9 Å². The predicted octanol–water partition coefficient (Wildman–Crippen LogP) is 3.43. The van der Waals surface area contributed by atoms with Crippen LogP contribution in [0.5, 0.6) is 0 Å². The van der Waals surface area contributed by atoms with E-state index in [0.717, 1.165) is 0 Å². The van der Waals surface area contributed by atoms with Crippen LogP contribution < -0.4 is 0 Å². The average molecular weight is 271 g/mol. The first-order valence-electron chi connectivity index (χ1n) is 4.67. The van der Waals surface area contributed by atoms with Crippen LogP contribution >= 0.6 is 15.9 Å².